The number of aryl methyl sites for hydroxylation is 1. The van der Waals surface area contributed by atoms with Gasteiger partial charge in [0.25, 0.3) is 0 Å². The van der Waals surface area contributed by atoms with E-state index in [0.717, 1.165) is 51.9 Å². The summed E-state index contributed by atoms with van der Waals surface area (Å²) in [6.07, 6.45) is 4.80. The summed E-state index contributed by atoms with van der Waals surface area (Å²) < 4.78 is 0. The molecule has 1 atom stereocenters. The Bertz CT molecular complexity index is 724. The van der Waals surface area contributed by atoms with Crippen LogP contribution in [0.1, 0.15) is 49.3 Å². The van der Waals surface area contributed by atoms with Crippen molar-refractivity contribution < 1.29 is 9.59 Å². The number of hydrogen-bond acceptors (Lipinski definition) is 3. The third-order valence-corrected chi connectivity index (χ3v) is 6.90. The second-order valence-electron chi connectivity index (χ2n) is 8.83. The first kappa shape index (κ1) is 18.5. The summed E-state index contributed by atoms with van der Waals surface area (Å²) in [7, 11) is 2.14. The minimum Gasteiger partial charge on any atom is -0.334 e. The van der Waals surface area contributed by atoms with Crippen LogP contribution in [0.4, 0.5) is 0 Å². The van der Waals surface area contributed by atoms with Gasteiger partial charge in [-0.15, -0.1) is 0 Å². The van der Waals surface area contributed by atoms with E-state index in [1.807, 2.05) is 15.9 Å². The number of rotatable bonds is 3. The van der Waals surface area contributed by atoms with E-state index < -0.39 is 0 Å². The second kappa shape index (κ2) is 7.27. The Kier molecular flexibility index (Phi) is 4.97. The second-order valence-corrected chi connectivity index (χ2v) is 8.83. The van der Waals surface area contributed by atoms with Gasteiger partial charge in [0.05, 0.1) is 12.6 Å². The Morgan fingerprint density at radius 3 is 2.67 bits per heavy atom. The molecule has 0 aliphatic carbocycles. The molecule has 5 nitrogen and oxygen atoms in total. The molecule has 1 aromatic carbocycles. The molecule has 0 aromatic heterocycles. The van der Waals surface area contributed by atoms with Gasteiger partial charge in [-0.05, 0) is 69.3 Å². The minimum absolute atomic E-state index is 0.101. The zero-order valence-corrected chi connectivity index (χ0v) is 16.6. The molecule has 4 rings (SSSR count). The minimum atomic E-state index is 0.101. The number of hydrogen-bond donors (Lipinski definition) is 0. The fourth-order valence-corrected chi connectivity index (χ4v) is 5.16. The monoisotopic (exact) mass is 369 g/mol. The summed E-state index contributed by atoms with van der Waals surface area (Å²) in [5, 5.41) is 0. The quantitative estimate of drug-likeness (QED) is 0.823. The fourth-order valence-electron chi connectivity index (χ4n) is 5.16. The van der Waals surface area contributed by atoms with Gasteiger partial charge in [-0.3, -0.25) is 9.59 Å². The molecule has 2 amide bonds. The molecule has 3 aliphatic rings. The third-order valence-electron chi connectivity index (χ3n) is 6.90. The highest BCUT2D eigenvalue weighted by Crippen LogP contribution is 2.41. The Balaban J connectivity index is 1.43. The maximum Gasteiger partial charge on any atom is 0.242 e. The Morgan fingerprint density at radius 2 is 1.93 bits per heavy atom. The molecular formula is C22H31N3O2. The molecule has 0 radical (unpaired) electrons. The van der Waals surface area contributed by atoms with Crippen LogP contribution in [0.15, 0.2) is 24.3 Å². The molecule has 3 heterocycles. The zero-order chi connectivity index (χ0) is 19.0. The average molecular weight is 370 g/mol. The van der Waals surface area contributed by atoms with Crippen molar-refractivity contribution in [1.29, 1.82) is 0 Å². The van der Waals surface area contributed by atoms with Crippen LogP contribution >= 0.6 is 0 Å². The molecule has 3 saturated heterocycles. The summed E-state index contributed by atoms with van der Waals surface area (Å²) in [6.45, 7) is 6.03. The van der Waals surface area contributed by atoms with Crippen molar-refractivity contribution in [3.8, 4) is 0 Å². The van der Waals surface area contributed by atoms with Gasteiger partial charge >= 0.3 is 0 Å². The fraction of sp³-hybridized carbons (Fsp3) is 0.636. The molecule has 3 fully saturated rings. The number of carbonyl (C=O) groups is 2. The van der Waals surface area contributed by atoms with Crippen LogP contribution in [0, 0.1) is 12.3 Å². The highest BCUT2D eigenvalue weighted by atomic mass is 16.2. The van der Waals surface area contributed by atoms with Crippen LogP contribution in [-0.4, -0.2) is 66.3 Å². The normalized spacial score (nSPS) is 25.6. The largest absolute Gasteiger partial charge is 0.334 e. The lowest BCUT2D eigenvalue weighted by Crippen LogP contribution is -2.43. The molecule has 0 bridgehead atoms. The van der Waals surface area contributed by atoms with Gasteiger partial charge in [-0.25, -0.2) is 0 Å². The number of likely N-dealkylation sites (tertiary alicyclic amines) is 3. The zero-order valence-electron chi connectivity index (χ0n) is 16.6. The number of amides is 2. The first-order chi connectivity index (χ1) is 13.0. The lowest BCUT2D eigenvalue weighted by atomic mass is 9.78. The van der Waals surface area contributed by atoms with Crippen LogP contribution < -0.4 is 0 Å². The van der Waals surface area contributed by atoms with Crippen molar-refractivity contribution in [3.05, 3.63) is 35.4 Å². The van der Waals surface area contributed by atoms with E-state index in [9.17, 15) is 9.59 Å². The van der Waals surface area contributed by atoms with E-state index in [0.29, 0.717) is 6.42 Å². The lowest BCUT2D eigenvalue weighted by Gasteiger charge is -2.37. The molecule has 1 spiro atoms. The van der Waals surface area contributed by atoms with Crippen molar-refractivity contribution in [2.24, 2.45) is 5.41 Å². The van der Waals surface area contributed by atoms with E-state index in [-0.39, 0.29) is 29.8 Å². The van der Waals surface area contributed by atoms with E-state index in [2.05, 4.69) is 37.1 Å². The molecule has 1 aromatic rings. The molecule has 0 saturated carbocycles. The van der Waals surface area contributed by atoms with E-state index in [1.54, 1.807) is 0 Å². The Hall–Kier alpha value is -1.88. The predicted molar refractivity (Wildman–Crippen MR) is 105 cm³/mol. The first-order valence-electron chi connectivity index (χ1n) is 10.3. The van der Waals surface area contributed by atoms with Crippen LogP contribution in [-0.2, 0) is 9.59 Å². The molecule has 3 aliphatic heterocycles. The Morgan fingerprint density at radius 1 is 1.19 bits per heavy atom. The summed E-state index contributed by atoms with van der Waals surface area (Å²) in [5.74, 6) is 0.277. The van der Waals surface area contributed by atoms with Crippen LogP contribution in [0.5, 0.6) is 0 Å². The number of benzene rings is 1. The Labute approximate surface area is 162 Å². The summed E-state index contributed by atoms with van der Waals surface area (Å²) in [5.41, 5.74) is 2.59. The van der Waals surface area contributed by atoms with Crippen molar-refractivity contribution in [3.63, 3.8) is 0 Å². The van der Waals surface area contributed by atoms with Crippen LogP contribution in [0.2, 0.25) is 0 Å². The van der Waals surface area contributed by atoms with Gasteiger partial charge < -0.3 is 14.7 Å². The molecule has 0 unspecified atom stereocenters. The predicted octanol–water partition coefficient (Wildman–Crippen LogP) is 2.60. The maximum atomic E-state index is 13.1. The molecule has 5 heteroatoms. The first-order valence-corrected chi connectivity index (χ1v) is 10.3. The van der Waals surface area contributed by atoms with Gasteiger partial charge in [0.1, 0.15) is 0 Å². The van der Waals surface area contributed by atoms with E-state index >= 15 is 0 Å². The number of nitrogens with zero attached hydrogens (tertiary/aromatic N) is 3. The van der Waals surface area contributed by atoms with Crippen molar-refractivity contribution >= 4 is 11.8 Å². The number of carbonyl (C=O) groups excluding carboxylic acids is 2. The molecule has 27 heavy (non-hydrogen) atoms. The third kappa shape index (κ3) is 3.62. The lowest BCUT2D eigenvalue weighted by molar-refractivity contribution is -0.139. The average Bonchev–Trinajstić information content (AvgIpc) is 3.24. The summed E-state index contributed by atoms with van der Waals surface area (Å²) >= 11 is 0. The van der Waals surface area contributed by atoms with E-state index in [1.165, 1.54) is 11.1 Å². The van der Waals surface area contributed by atoms with Crippen LogP contribution in [0.25, 0.3) is 0 Å². The molecule has 0 N–H and O–H groups in total. The van der Waals surface area contributed by atoms with Crippen molar-refractivity contribution in [2.75, 3.05) is 39.8 Å². The van der Waals surface area contributed by atoms with E-state index in [4.69, 9.17) is 0 Å². The highest BCUT2D eigenvalue weighted by molar-refractivity contribution is 5.87. The standard InChI is InChI=1S/C22H31N3O2/c1-17-6-3-4-7-18(17)19-8-5-11-25(19)21(27)15-24-16-22(14-20(24)26)9-12-23(2)13-10-22/h3-4,6-7,19H,5,8-16H2,1-2H3/t19-/m1/s1. The van der Waals surface area contributed by atoms with Gasteiger partial charge in [0.2, 0.25) is 11.8 Å². The topological polar surface area (TPSA) is 43.9 Å². The summed E-state index contributed by atoms with van der Waals surface area (Å²) in [6, 6.07) is 8.51. The summed E-state index contributed by atoms with van der Waals surface area (Å²) in [4.78, 5) is 31.9. The maximum absolute atomic E-state index is 13.1. The smallest absolute Gasteiger partial charge is 0.242 e. The molecule has 146 valence electrons. The van der Waals surface area contributed by atoms with Gasteiger partial charge in [0, 0.05) is 19.5 Å². The van der Waals surface area contributed by atoms with Gasteiger partial charge in [0.15, 0.2) is 0 Å². The van der Waals surface area contributed by atoms with Crippen molar-refractivity contribution in [1.82, 2.24) is 14.7 Å². The van der Waals surface area contributed by atoms with Crippen molar-refractivity contribution in [2.45, 2.75) is 45.1 Å². The van der Waals surface area contributed by atoms with Gasteiger partial charge in [-0.1, -0.05) is 24.3 Å². The van der Waals surface area contributed by atoms with Gasteiger partial charge in [-0.2, -0.15) is 0 Å². The molecular weight excluding hydrogens is 338 g/mol. The SMILES string of the molecule is Cc1ccccc1[C@H]1CCCN1C(=O)CN1CC2(CCN(C)CC2)CC1=O. The van der Waals surface area contributed by atoms with Crippen LogP contribution in [0.3, 0.4) is 0 Å². The number of piperidine rings is 1. The highest BCUT2D eigenvalue weighted by Gasteiger charge is 2.45.